The van der Waals surface area contributed by atoms with Gasteiger partial charge in [-0.25, -0.2) is 0 Å². The van der Waals surface area contributed by atoms with E-state index in [-0.39, 0.29) is 6.04 Å². The molecule has 0 spiro atoms. The highest BCUT2D eigenvalue weighted by Gasteiger charge is 2.24. The summed E-state index contributed by atoms with van der Waals surface area (Å²) in [5, 5.41) is 4.98. The molecule has 0 unspecified atom stereocenters. The molecule has 1 fully saturated rings. The van der Waals surface area contributed by atoms with Crippen LogP contribution in [0.2, 0.25) is 15.1 Å². The third-order valence-corrected chi connectivity index (χ3v) is 3.90. The van der Waals surface area contributed by atoms with Crippen molar-refractivity contribution in [2.45, 2.75) is 31.8 Å². The van der Waals surface area contributed by atoms with Crippen LogP contribution in [0.5, 0.6) is 0 Å². The molecule has 82 valence electrons. The first-order valence-electron chi connectivity index (χ1n) is 4.99. The molecule has 1 nitrogen and oxygen atoms in total. The Bertz CT molecular complexity index is 374. The van der Waals surface area contributed by atoms with Crippen molar-refractivity contribution in [3.8, 4) is 0 Å². The quantitative estimate of drug-likeness (QED) is 0.795. The summed E-state index contributed by atoms with van der Waals surface area (Å²) in [5.41, 5.74) is 1.01. The first-order valence-corrected chi connectivity index (χ1v) is 6.12. The maximum Gasteiger partial charge on any atom is 0.0781 e. The van der Waals surface area contributed by atoms with Gasteiger partial charge in [-0.3, -0.25) is 0 Å². The van der Waals surface area contributed by atoms with E-state index >= 15 is 0 Å². The summed E-state index contributed by atoms with van der Waals surface area (Å²) in [4.78, 5) is 0. The van der Waals surface area contributed by atoms with Crippen molar-refractivity contribution in [3.63, 3.8) is 0 Å². The van der Waals surface area contributed by atoms with Gasteiger partial charge in [-0.1, -0.05) is 40.9 Å². The highest BCUT2D eigenvalue weighted by atomic mass is 35.5. The molecule has 0 saturated heterocycles. The molecule has 0 heterocycles. The normalized spacial score (nSPS) is 17.9. The smallest absolute Gasteiger partial charge is 0.0781 e. The summed E-state index contributed by atoms with van der Waals surface area (Å²) >= 11 is 18.0. The Morgan fingerprint density at radius 3 is 2.47 bits per heavy atom. The van der Waals surface area contributed by atoms with Crippen molar-refractivity contribution in [2.75, 3.05) is 0 Å². The minimum Gasteiger partial charge on any atom is -0.307 e. The Labute approximate surface area is 105 Å². The predicted octanol–water partition coefficient (Wildman–Crippen LogP) is 4.46. The predicted molar refractivity (Wildman–Crippen MR) is 66.0 cm³/mol. The van der Waals surface area contributed by atoms with Crippen LogP contribution in [0, 0.1) is 0 Å². The molecule has 0 bridgehead atoms. The van der Waals surface area contributed by atoms with E-state index in [1.807, 2.05) is 6.07 Å². The maximum atomic E-state index is 6.14. The summed E-state index contributed by atoms with van der Waals surface area (Å²) in [7, 11) is 0. The minimum absolute atomic E-state index is 0.222. The van der Waals surface area contributed by atoms with Crippen LogP contribution in [-0.4, -0.2) is 6.04 Å². The van der Waals surface area contributed by atoms with Crippen LogP contribution in [-0.2, 0) is 0 Å². The third kappa shape index (κ3) is 2.59. The molecule has 1 aromatic rings. The molecule has 1 saturated carbocycles. The van der Waals surface area contributed by atoms with Crippen LogP contribution in [0.15, 0.2) is 12.1 Å². The number of halogens is 3. The fourth-order valence-corrected chi connectivity index (χ4v) is 2.28. The van der Waals surface area contributed by atoms with Crippen LogP contribution in [0.25, 0.3) is 0 Å². The topological polar surface area (TPSA) is 12.0 Å². The average molecular weight is 265 g/mol. The Morgan fingerprint density at radius 2 is 1.87 bits per heavy atom. The van der Waals surface area contributed by atoms with Crippen molar-refractivity contribution < 1.29 is 0 Å². The van der Waals surface area contributed by atoms with Crippen LogP contribution in [0.4, 0.5) is 0 Å². The van der Waals surface area contributed by atoms with Crippen molar-refractivity contribution in [3.05, 3.63) is 32.8 Å². The molecule has 1 aromatic carbocycles. The van der Waals surface area contributed by atoms with E-state index in [9.17, 15) is 0 Å². The Hall–Kier alpha value is 0.0500. The summed E-state index contributed by atoms with van der Waals surface area (Å²) in [5.74, 6) is 0. The van der Waals surface area contributed by atoms with Gasteiger partial charge in [0.15, 0.2) is 0 Å². The standard InChI is InChI=1S/C11H12Cl3N/c1-6(15-7-2-3-7)8-4-5-9(12)11(14)10(8)13/h4-7,15H,2-3H2,1H3/t6-/m1/s1. The van der Waals surface area contributed by atoms with Crippen LogP contribution in [0.3, 0.4) is 0 Å². The molecule has 0 aromatic heterocycles. The number of benzene rings is 1. The molecule has 1 atom stereocenters. The fraction of sp³-hybridized carbons (Fsp3) is 0.455. The summed E-state index contributed by atoms with van der Waals surface area (Å²) in [6, 6.07) is 4.58. The van der Waals surface area contributed by atoms with Crippen molar-refractivity contribution in [1.29, 1.82) is 0 Å². The second-order valence-electron chi connectivity index (χ2n) is 3.93. The van der Waals surface area contributed by atoms with Crippen LogP contribution < -0.4 is 5.32 Å². The van der Waals surface area contributed by atoms with Gasteiger partial charge in [0.1, 0.15) is 0 Å². The number of hydrogen-bond donors (Lipinski definition) is 1. The van der Waals surface area contributed by atoms with Gasteiger partial charge >= 0.3 is 0 Å². The van der Waals surface area contributed by atoms with Crippen LogP contribution >= 0.6 is 34.8 Å². The van der Waals surface area contributed by atoms with E-state index in [0.717, 1.165) is 5.56 Å². The molecule has 0 aliphatic heterocycles. The Balaban J connectivity index is 2.22. The second-order valence-corrected chi connectivity index (χ2v) is 5.09. The summed E-state index contributed by atoms with van der Waals surface area (Å²) in [6.45, 7) is 2.09. The highest BCUT2D eigenvalue weighted by Crippen LogP contribution is 2.36. The van der Waals surface area contributed by atoms with E-state index in [2.05, 4.69) is 12.2 Å². The zero-order valence-electron chi connectivity index (χ0n) is 8.36. The summed E-state index contributed by atoms with van der Waals surface area (Å²) in [6.07, 6.45) is 2.51. The van der Waals surface area contributed by atoms with E-state index in [1.54, 1.807) is 6.07 Å². The maximum absolute atomic E-state index is 6.14. The first-order chi connectivity index (χ1) is 7.09. The van der Waals surface area contributed by atoms with Gasteiger partial charge in [-0.15, -0.1) is 0 Å². The molecule has 4 heteroatoms. The lowest BCUT2D eigenvalue weighted by atomic mass is 10.1. The van der Waals surface area contributed by atoms with E-state index < -0.39 is 0 Å². The second kappa shape index (κ2) is 4.50. The van der Waals surface area contributed by atoms with Gasteiger partial charge in [0, 0.05) is 12.1 Å². The molecular formula is C11H12Cl3N. The van der Waals surface area contributed by atoms with Gasteiger partial charge in [-0.2, -0.15) is 0 Å². The van der Waals surface area contributed by atoms with E-state index in [4.69, 9.17) is 34.8 Å². The van der Waals surface area contributed by atoms with Gasteiger partial charge in [0.2, 0.25) is 0 Å². The molecule has 2 rings (SSSR count). The van der Waals surface area contributed by atoms with Gasteiger partial charge in [0.25, 0.3) is 0 Å². The Morgan fingerprint density at radius 1 is 1.20 bits per heavy atom. The monoisotopic (exact) mass is 263 g/mol. The zero-order chi connectivity index (χ0) is 11.0. The molecular weight excluding hydrogens is 252 g/mol. The first kappa shape index (κ1) is 11.5. The molecule has 1 N–H and O–H groups in total. The highest BCUT2D eigenvalue weighted by molar-refractivity contribution is 6.48. The fourth-order valence-electron chi connectivity index (χ4n) is 1.57. The molecule has 1 aliphatic carbocycles. The number of hydrogen-bond acceptors (Lipinski definition) is 1. The average Bonchev–Trinajstić information content (AvgIpc) is 2.98. The van der Waals surface area contributed by atoms with E-state index in [0.29, 0.717) is 21.1 Å². The lowest BCUT2D eigenvalue weighted by Crippen LogP contribution is -2.20. The van der Waals surface area contributed by atoms with Crippen molar-refractivity contribution >= 4 is 34.8 Å². The Kier molecular flexibility index (Phi) is 3.46. The number of rotatable bonds is 3. The third-order valence-electron chi connectivity index (χ3n) is 2.59. The van der Waals surface area contributed by atoms with Crippen LogP contribution in [0.1, 0.15) is 31.4 Å². The SMILES string of the molecule is C[C@@H](NC1CC1)c1ccc(Cl)c(Cl)c1Cl. The molecule has 0 amide bonds. The molecule has 15 heavy (non-hydrogen) atoms. The molecule has 1 aliphatic rings. The summed E-state index contributed by atoms with van der Waals surface area (Å²) < 4.78 is 0. The zero-order valence-corrected chi connectivity index (χ0v) is 10.6. The van der Waals surface area contributed by atoms with Gasteiger partial charge < -0.3 is 5.32 Å². The van der Waals surface area contributed by atoms with Crippen molar-refractivity contribution in [2.24, 2.45) is 0 Å². The van der Waals surface area contributed by atoms with Gasteiger partial charge in [-0.05, 0) is 31.4 Å². The largest absolute Gasteiger partial charge is 0.307 e. The van der Waals surface area contributed by atoms with Crippen molar-refractivity contribution in [1.82, 2.24) is 5.32 Å². The lowest BCUT2D eigenvalue weighted by molar-refractivity contribution is 0.571. The number of nitrogens with one attached hydrogen (secondary N) is 1. The molecule has 0 radical (unpaired) electrons. The minimum atomic E-state index is 0.222. The van der Waals surface area contributed by atoms with Gasteiger partial charge in [0.05, 0.1) is 15.1 Å². The lowest BCUT2D eigenvalue weighted by Gasteiger charge is -2.16. The van der Waals surface area contributed by atoms with E-state index in [1.165, 1.54) is 12.8 Å².